The van der Waals surface area contributed by atoms with E-state index < -0.39 is 0 Å². The van der Waals surface area contributed by atoms with Crippen LogP contribution in [-0.2, 0) is 4.74 Å². The van der Waals surface area contributed by atoms with Gasteiger partial charge in [-0.15, -0.1) is 0 Å². The smallest absolute Gasteiger partial charge is 0.0593 e. The van der Waals surface area contributed by atoms with Gasteiger partial charge in [0.05, 0.1) is 6.61 Å². The Labute approximate surface area is 110 Å². The number of rotatable bonds is 4. The third-order valence-electron chi connectivity index (χ3n) is 3.66. The molecule has 1 heterocycles. The van der Waals surface area contributed by atoms with Gasteiger partial charge in [0.2, 0.25) is 0 Å². The lowest BCUT2D eigenvalue weighted by Crippen LogP contribution is -2.35. The molecule has 2 N–H and O–H groups in total. The molecule has 2 rings (SSSR count). The number of nitrogens with two attached hydrogens (primary N) is 1. The average Bonchev–Trinajstić information content (AvgIpc) is 2.67. The molecule has 1 fully saturated rings. The minimum absolute atomic E-state index is 0.121. The fourth-order valence-electron chi connectivity index (χ4n) is 2.50. The van der Waals surface area contributed by atoms with Crippen LogP contribution in [-0.4, -0.2) is 37.7 Å². The summed E-state index contributed by atoms with van der Waals surface area (Å²) in [6.07, 6.45) is 1.13. The van der Waals surface area contributed by atoms with Gasteiger partial charge in [-0.2, -0.15) is 0 Å². The van der Waals surface area contributed by atoms with Gasteiger partial charge in [0, 0.05) is 32.3 Å². The van der Waals surface area contributed by atoms with Crippen molar-refractivity contribution in [3.63, 3.8) is 0 Å². The normalized spacial score (nSPS) is 21.2. The van der Waals surface area contributed by atoms with E-state index in [9.17, 15) is 0 Å². The van der Waals surface area contributed by atoms with Crippen molar-refractivity contribution in [2.75, 3.05) is 32.8 Å². The molecule has 3 heteroatoms. The maximum Gasteiger partial charge on any atom is 0.0593 e. The zero-order valence-corrected chi connectivity index (χ0v) is 11.2. The molecule has 1 aliphatic heterocycles. The van der Waals surface area contributed by atoms with E-state index >= 15 is 0 Å². The van der Waals surface area contributed by atoms with E-state index in [-0.39, 0.29) is 6.04 Å². The van der Waals surface area contributed by atoms with Crippen molar-refractivity contribution in [3.8, 4) is 0 Å². The predicted molar refractivity (Wildman–Crippen MR) is 74.4 cm³/mol. The summed E-state index contributed by atoms with van der Waals surface area (Å²) in [4.78, 5) is 2.47. The Morgan fingerprint density at radius 2 is 2.00 bits per heavy atom. The Balaban J connectivity index is 1.88. The van der Waals surface area contributed by atoms with Gasteiger partial charge in [-0.1, -0.05) is 37.3 Å². The van der Waals surface area contributed by atoms with Crippen LogP contribution in [0.2, 0.25) is 0 Å². The summed E-state index contributed by atoms with van der Waals surface area (Å²) >= 11 is 0. The molecule has 3 nitrogen and oxygen atoms in total. The van der Waals surface area contributed by atoms with Crippen LogP contribution in [0, 0.1) is 5.92 Å². The van der Waals surface area contributed by atoms with Crippen LogP contribution in [0.4, 0.5) is 0 Å². The lowest BCUT2D eigenvalue weighted by molar-refractivity contribution is 0.137. The lowest BCUT2D eigenvalue weighted by Gasteiger charge is -2.27. The van der Waals surface area contributed by atoms with Crippen LogP contribution < -0.4 is 5.73 Å². The number of ether oxygens (including phenoxy) is 1. The molecular formula is C15H24N2O. The van der Waals surface area contributed by atoms with Crippen molar-refractivity contribution in [3.05, 3.63) is 35.9 Å². The van der Waals surface area contributed by atoms with Crippen LogP contribution in [0.5, 0.6) is 0 Å². The van der Waals surface area contributed by atoms with Gasteiger partial charge in [0.15, 0.2) is 0 Å². The van der Waals surface area contributed by atoms with Crippen LogP contribution in [0.25, 0.3) is 0 Å². The molecule has 0 radical (unpaired) electrons. The number of hydrogen-bond donors (Lipinski definition) is 1. The molecule has 0 aromatic heterocycles. The quantitative estimate of drug-likeness (QED) is 0.886. The van der Waals surface area contributed by atoms with Gasteiger partial charge in [0.1, 0.15) is 0 Å². The molecule has 1 aliphatic rings. The molecule has 0 saturated carbocycles. The van der Waals surface area contributed by atoms with E-state index in [1.165, 1.54) is 5.56 Å². The molecule has 1 aromatic rings. The molecule has 2 atom stereocenters. The molecule has 2 unspecified atom stereocenters. The lowest BCUT2D eigenvalue weighted by atomic mass is 9.95. The summed E-state index contributed by atoms with van der Waals surface area (Å²) in [5.41, 5.74) is 7.57. The summed E-state index contributed by atoms with van der Waals surface area (Å²) in [5.74, 6) is 0.463. The van der Waals surface area contributed by atoms with Gasteiger partial charge < -0.3 is 15.4 Å². The van der Waals surface area contributed by atoms with E-state index in [4.69, 9.17) is 10.5 Å². The summed E-state index contributed by atoms with van der Waals surface area (Å²) in [6.45, 7) is 7.21. The highest BCUT2D eigenvalue weighted by atomic mass is 16.5. The largest absolute Gasteiger partial charge is 0.380 e. The highest BCUT2D eigenvalue weighted by Crippen LogP contribution is 2.20. The van der Waals surface area contributed by atoms with E-state index in [0.29, 0.717) is 5.92 Å². The van der Waals surface area contributed by atoms with Crippen molar-refractivity contribution in [2.24, 2.45) is 11.7 Å². The molecule has 1 saturated heterocycles. The van der Waals surface area contributed by atoms with E-state index in [2.05, 4.69) is 36.1 Å². The van der Waals surface area contributed by atoms with Crippen molar-refractivity contribution < 1.29 is 4.74 Å². The zero-order valence-electron chi connectivity index (χ0n) is 11.2. The average molecular weight is 248 g/mol. The third kappa shape index (κ3) is 3.80. The van der Waals surface area contributed by atoms with Crippen LogP contribution >= 0.6 is 0 Å². The van der Waals surface area contributed by atoms with E-state index in [1.807, 2.05) is 6.07 Å². The second kappa shape index (κ2) is 6.88. The fourth-order valence-corrected chi connectivity index (χ4v) is 2.50. The fraction of sp³-hybridized carbons (Fsp3) is 0.600. The van der Waals surface area contributed by atoms with Gasteiger partial charge in [-0.05, 0) is 17.9 Å². The minimum Gasteiger partial charge on any atom is -0.380 e. The first kappa shape index (κ1) is 13.5. The monoisotopic (exact) mass is 248 g/mol. The maximum atomic E-state index is 6.34. The zero-order chi connectivity index (χ0) is 12.8. The van der Waals surface area contributed by atoms with Gasteiger partial charge >= 0.3 is 0 Å². The Morgan fingerprint density at radius 1 is 1.22 bits per heavy atom. The standard InChI is InChI=1S/C15H24N2O/c1-13(12-17-8-5-10-18-11-9-17)15(16)14-6-3-2-4-7-14/h2-4,6-7,13,15H,5,8-12,16H2,1H3. The summed E-state index contributed by atoms with van der Waals surface area (Å²) in [6, 6.07) is 10.5. The molecule has 0 spiro atoms. The number of nitrogens with zero attached hydrogens (tertiary/aromatic N) is 1. The first-order valence-corrected chi connectivity index (χ1v) is 6.88. The third-order valence-corrected chi connectivity index (χ3v) is 3.66. The predicted octanol–water partition coefficient (Wildman–Crippen LogP) is 2.04. The maximum absolute atomic E-state index is 6.34. The van der Waals surface area contributed by atoms with E-state index in [0.717, 1.165) is 39.3 Å². The highest BCUT2D eigenvalue weighted by Gasteiger charge is 2.18. The molecule has 1 aromatic carbocycles. The Morgan fingerprint density at radius 3 is 2.78 bits per heavy atom. The topological polar surface area (TPSA) is 38.5 Å². The molecular weight excluding hydrogens is 224 g/mol. The summed E-state index contributed by atoms with van der Waals surface area (Å²) in [7, 11) is 0. The molecule has 0 bridgehead atoms. The Bertz CT molecular complexity index is 334. The minimum atomic E-state index is 0.121. The molecule has 0 amide bonds. The van der Waals surface area contributed by atoms with Crippen molar-refractivity contribution in [1.82, 2.24) is 4.90 Å². The van der Waals surface area contributed by atoms with Gasteiger partial charge in [0.25, 0.3) is 0 Å². The second-order valence-corrected chi connectivity index (χ2v) is 5.18. The molecule has 0 aliphatic carbocycles. The summed E-state index contributed by atoms with van der Waals surface area (Å²) in [5, 5.41) is 0. The van der Waals surface area contributed by atoms with Crippen LogP contribution in [0.15, 0.2) is 30.3 Å². The van der Waals surface area contributed by atoms with Crippen molar-refractivity contribution in [1.29, 1.82) is 0 Å². The second-order valence-electron chi connectivity index (χ2n) is 5.18. The van der Waals surface area contributed by atoms with Crippen LogP contribution in [0.1, 0.15) is 24.9 Å². The first-order valence-electron chi connectivity index (χ1n) is 6.88. The highest BCUT2D eigenvalue weighted by molar-refractivity contribution is 5.19. The van der Waals surface area contributed by atoms with Crippen molar-refractivity contribution >= 4 is 0 Å². The van der Waals surface area contributed by atoms with Gasteiger partial charge in [-0.25, -0.2) is 0 Å². The SMILES string of the molecule is CC(CN1CCCOCC1)C(N)c1ccccc1. The van der Waals surface area contributed by atoms with Gasteiger partial charge in [-0.3, -0.25) is 0 Å². The molecule has 100 valence electrons. The number of hydrogen-bond acceptors (Lipinski definition) is 3. The van der Waals surface area contributed by atoms with Crippen molar-refractivity contribution in [2.45, 2.75) is 19.4 Å². The number of benzene rings is 1. The molecule has 18 heavy (non-hydrogen) atoms. The Kier molecular flexibility index (Phi) is 5.17. The Hall–Kier alpha value is -0.900. The first-order chi connectivity index (χ1) is 8.77. The summed E-state index contributed by atoms with van der Waals surface area (Å²) < 4.78 is 5.48. The van der Waals surface area contributed by atoms with E-state index in [1.54, 1.807) is 0 Å². The van der Waals surface area contributed by atoms with Crippen LogP contribution in [0.3, 0.4) is 0 Å².